The van der Waals surface area contributed by atoms with Crippen molar-refractivity contribution in [3.63, 3.8) is 0 Å². The Bertz CT molecular complexity index is 505. The number of rotatable bonds is 3. The molecule has 0 saturated carbocycles. The normalized spacial score (nSPS) is 12.4. The van der Waals surface area contributed by atoms with Crippen molar-refractivity contribution in [1.29, 1.82) is 0 Å². The lowest BCUT2D eigenvalue weighted by atomic mass is 10.3. The van der Waals surface area contributed by atoms with Gasteiger partial charge in [0.25, 0.3) is 0 Å². The Morgan fingerprint density at radius 3 is 2.56 bits per heavy atom. The lowest BCUT2D eigenvalue weighted by Crippen LogP contribution is -2.25. The third kappa shape index (κ3) is 1.97. The largest absolute Gasteiger partial charge is 0.416 e. The quantitative estimate of drug-likeness (QED) is 0.529. The van der Waals surface area contributed by atoms with E-state index < -0.39 is 12.0 Å². The molecule has 2 aromatic rings. The fourth-order valence-electron chi connectivity index (χ4n) is 1.27. The van der Waals surface area contributed by atoms with Crippen LogP contribution in [-0.4, -0.2) is 15.3 Å². The van der Waals surface area contributed by atoms with Gasteiger partial charge in [-0.1, -0.05) is 18.2 Å². The Morgan fingerprint density at radius 1 is 1.31 bits per heavy atom. The van der Waals surface area contributed by atoms with Gasteiger partial charge in [0.05, 0.1) is 5.69 Å². The smallest absolute Gasteiger partial charge is 0.416 e. The highest BCUT2D eigenvalue weighted by Crippen LogP contribution is 2.20. The maximum atomic E-state index is 10.7. The maximum Gasteiger partial charge on any atom is 0.416 e. The Kier molecular flexibility index (Phi) is 2.76. The molecule has 0 amide bonds. The molecule has 6 nitrogen and oxygen atoms in total. The number of anilines is 1. The van der Waals surface area contributed by atoms with E-state index in [1.54, 1.807) is 30.3 Å². The van der Waals surface area contributed by atoms with Gasteiger partial charge in [0.1, 0.15) is 12.0 Å². The minimum absolute atomic E-state index is 0.0800. The van der Waals surface area contributed by atoms with Gasteiger partial charge in [-0.2, -0.15) is 0 Å². The van der Waals surface area contributed by atoms with Crippen molar-refractivity contribution < 1.29 is 14.7 Å². The topological polar surface area (TPSA) is 89.7 Å². The number of hydrogen-bond donors (Lipinski definition) is 3. The number of aromatic nitrogens is 1. The Morgan fingerprint density at radius 2 is 2.00 bits per heavy atom. The van der Waals surface area contributed by atoms with Crippen molar-refractivity contribution in [2.45, 2.75) is 6.23 Å². The molecule has 0 aliphatic carbocycles. The van der Waals surface area contributed by atoms with Gasteiger partial charge in [-0.3, -0.25) is 10.2 Å². The van der Waals surface area contributed by atoms with Crippen molar-refractivity contribution >= 4 is 5.69 Å². The zero-order chi connectivity index (χ0) is 11.5. The molecular weight excluding hydrogens is 212 g/mol. The van der Waals surface area contributed by atoms with Gasteiger partial charge >= 0.3 is 5.76 Å². The highest BCUT2D eigenvalue weighted by atomic mass is 16.5. The van der Waals surface area contributed by atoms with Crippen LogP contribution in [0.25, 0.3) is 0 Å². The van der Waals surface area contributed by atoms with E-state index in [1.807, 2.05) is 0 Å². The third-order valence-corrected chi connectivity index (χ3v) is 2.07. The number of oxazole rings is 1. The highest BCUT2D eigenvalue weighted by molar-refractivity contribution is 5.43. The van der Waals surface area contributed by atoms with Crippen molar-refractivity contribution in [2.24, 2.45) is 0 Å². The van der Waals surface area contributed by atoms with Crippen molar-refractivity contribution in [3.05, 3.63) is 52.8 Å². The molecule has 16 heavy (non-hydrogen) atoms. The predicted molar refractivity (Wildman–Crippen MR) is 55.0 cm³/mol. The summed E-state index contributed by atoms with van der Waals surface area (Å²) in [5.74, 6) is -0.685. The van der Waals surface area contributed by atoms with Crippen LogP contribution >= 0.6 is 0 Å². The number of hydrogen-bond acceptors (Lipinski definition) is 5. The minimum Gasteiger partial charge on any atom is -0.416 e. The molecule has 1 heterocycles. The summed E-state index contributed by atoms with van der Waals surface area (Å²) >= 11 is 0. The summed E-state index contributed by atoms with van der Waals surface area (Å²) in [6.45, 7) is 0. The first-order valence-electron chi connectivity index (χ1n) is 4.57. The molecule has 0 aliphatic heterocycles. The van der Waals surface area contributed by atoms with Crippen LogP contribution in [0.4, 0.5) is 5.69 Å². The lowest BCUT2D eigenvalue weighted by molar-refractivity contribution is 0.0627. The van der Waals surface area contributed by atoms with E-state index in [4.69, 9.17) is 0 Å². The SMILES string of the molecule is O=c1[nH]c(C(O)N(O)c2ccccc2)co1. The number of para-hydroxylation sites is 1. The number of aliphatic hydroxyl groups excluding tert-OH is 1. The first kappa shape index (κ1) is 10.5. The highest BCUT2D eigenvalue weighted by Gasteiger charge is 2.18. The number of hydroxylamine groups is 1. The molecule has 1 aromatic heterocycles. The van der Waals surface area contributed by atoms with Crippen LogP contribution in [0.15, 0.2) is 45.8 Å². The van der Waals surface area contributed by atoms with Crippen molar-refractivity contribution in [3.8, 4) is 0 Å². The minimum atomic E-state index is -1.38. The number of aliphatic hydroxyl groups is 1. The van der Waals surface area contributed by atoms with E-state index >= 15 is 0 Å². The molecule has 3 N–H and O–H groups in total. The molecule has 1 aromatic carbocycles. The fourth-order valence-corrected chi connectivity index (χ4v) is 1.27. The Labute approximate surface area is 90.3 Å². The zero-order valence-corrected chi connectivity index (χ0v) is 8.20. The average molecular weight is 222 g/mol. The van der Waals surface area contributed by atoms with E-state index in [0.717, 1.165) is 6.26 Å². The number of aromatic amines is 1. The summed E-state index contributed by atoms with van der Waals surface area (Å²) in [7, 11) is 0. The molecule has 0 aliphatic rings. The Balaban J connectivity index is 2.23. The predicted octanol–water partition coefficient (Wildman–Crippen LogP) is 0.855. The third-order valence-electron chi connectivity index (χ3n) is 2.07. The van der Waals surface area contributed by atoms with Gasteiger partial charge in [0.15, 0.2) is 6.23 Å². The van der Waals surface area contributed by atoms with Gasteiger partial charge in [-0.05, 0) is 12.1 Å². The first-order valence-corrected chi connectivity index (χ1v) is 4.57. The molecule has 0 fully saturated rings. The van der Waals surface area contributed by atoms with Gasteiger partial charge in [0.2, 0.25) is 0 Å². The van der Waals surface area contributed by atoms with E-state index in [-0.39, 0.29) is 5.69 Å². The van der Waals surface area contributed by atoms with Gasteiger partial charge in [-0.15, -0.1) is 0 Å². The number of benzene rings is 1. The van der Waals surface area contributed by atoms with Crippen LogP contribution in [0.5, 0.6) is 0 Å². The number of nitrogens with zero attached hydrogens (tertiary/aromatic N) is 1. The van der Waals surface area contributed by atoms with Crippen LogP contribution in [-0.2, 0) is 0 Å². The molecular formula is C10H10N2O4. The first-order chi connectivity index (χ1) is 7.68. The Hall–Kier alpha value is -2.05. The second-order valence-electron chi connectivity index (χ2n) is 3.16. The van der Waals surface area contributed by atoms with Crippen LogP contribution < -0.4 is 10.8 Å². The summed E-state index contributed by atoms with van der Waals surface area (Å²) < 4.78 is 4.46. The summed E-state index contributed by atoms with van der Waals surface area (Å²) in [6, 6.07) is 8.43. The number of nitrogens with one attached hydrogen (secondary N) is 1. The standard InChI is InChI=1S/C10H10N2O4/c13-9(8-6-16-10(14)11-8)12(15)7-4-2-1-3-5-7/h1-6,9,13,15H,(H,11,14). The van der Waals surface area contributed by atoms with Gasteiger partial charge in [-0.25, -0.2) is 9.86 Å². The molecule has 84 valence electrons. The second-order valence-corrected chi connectivity index (χ2v) is 3.16. The van der Waals surface area contributed by atoms with E-state index in [0.29, 0.717) is 10.8 Å². The van der Waals surface area contributed by atoms with Crippen LogP contribution in [0.1, 0.15) is 11.9 Å². The molecule has 1 unspecified atom stereocenters. The summed E-state index contributed by atoms with van der Waals surface area (Å²) in [4.78, 5) is 13.0. The van der Waals surface area contributed by atoms with Crippen LogP contribution in [0.3, 0.4) is 0 Å². The van der Waals surface area contributed by atoms with Gasteiger partial charge in [0, 0.05) is 0 Å². The fraction of sp³-hybridized carbons (Fsp3) is 0.100. The maximum absolute atomic E-state index is 10.7. The molecule has 0 radical (unpaired) electrons. The van der Waals surface area contributed by atoms with E-state index in [1.165, 1.54) is 0 Å². The molecule has 2 rings (SSSR count). The molecule has 0 saturated heterocycles. The monoisotopic (exact) mass is 222 g/mol. The second kappa shape index (κ2) is 4.21. The van der Waals surface area contributed by atoms with E-state index in [2.05, 4.69) is 9.40 Å². The summed E-state index contributed by atoms with van der Waals surface area (Å²) in [5, 5.41) is 20.0. The molecule has 6 heteroatoms. The average Bonchev–Trinajstić information content (AvgIpc) is 2.75. The molecule has 0 bridgehead atoms. The zero-order valence-electron chi connectivity index (χ0n) is 8.20. The summed E-state index contributed by atoms with van der Waals surface area (Å²) in [6.07, 6.45) is -0.326. The van der Waals surface area contributed by atoms with Crippen LogP contribution in [0, 0.1) is 0 Å². The molecule has 1 atom stereocenters. The molecule has 0 spiro atoms. The van der Waals surface area contributed by atoms with Crippen molar-refractivity contribution in [2.75, 3.05) is 5.06 Å². The number of H-pyrrole nitrogens is 1. The summed E-state index contributed by atoms with van der Waals surface area (Å²) in [5.41, 5.74) is 0.480. The van der Waals surface area contributed by atoms with Crippen LogP contribution in [0.2, 0.25) is 0 Å². The lowest BCUT2D eigenvalue weighted by Gasteiger charge is -2.21. The van der Waals surface area contributed by atoms with Gasteiger partial charge < -0.3 is 9.52 Å². The van der Waals surface area contributed by atoms with Crippen molar-refractivity contribution in [1.82, 2.24) is 4.98 Å². The van der Waals surface area contributed by atoms with E-state index in [9.17, 15) is 15.1 Å².